The van der Waals surface area contributed by atoms with Crippen LogP contribution in [0.4, 0.5) is 4.39 Å². The third-order valence-electron chi connectivity index (χ3n) is 3.18. The summed E-state index contributed by atoms with van der Waals surface area (Å²) in [5.74, 6) is -1.93. The lowest BCUT2D eigenvalue weighted by molar-refractivity contribution is -0.153. The number of phenolic OH excluding ortho intramolecular Hbond substituents is 1. The summed E-state index contributed by atoms with van der Waals surface area (Å²) in [5.41, 5.74) is 0.478. The van der Waals surface area contributed by atoms with Gasteiger partial charge in [0.15, 0.2) is 6.10 Å². The zero-order chi connectivity index (χ0) is 15.7. The topological polar surface area (TPSA) is 66.8 Å². The number of esters is 1. The Morgan fingerprint density at radius 1 is 1.43 bits per heavy atom. The summed E-state index contributed by atoms with van der Waals surface area (Å²) < 4.78 is 18.3. The number of benzene rings is 2. The third-order valence-corrected chi connectivity index (χ3v) is 3.47. The number of aromatic hydroxyl groups is 1. The molecule has 6 heteroatoms. The first kappa shape index (κ1) is 15.5. The number of halogens is 2. The Morgan fingerprint density at radius 3 is 2.71 bits per heavy atom. The molecule has 21 heavy (non-hydrogen) atoms. The third kappa shape index (κ3) is 2.80. The molecule has 112 valence electrons. The van der Waals surface area contributed by atoms with E-state index in [0.29, 0.717) is 10.9 Å². The maximum atomic E-state index is 13.5. The lowest BCUT2D eigenvalue weighted by Crippen LogP contribution is -2.16. The number of carbonyl (C=O) groups excluding carboxylic acids is 1. The highest BCUT2D eigenvalue weighted by molar-refractivity contribution is 6.31. The Bertz CT molecular complexity index is 715. The Morgan fingerprint density at radius 2 is 2.10 bits per heavy atom. The number of fused-ring (bicyclic) bond motifs is 1. The summed E-state index contributed by atoms with van der Waals surface area (Å²) in [7, 11) is 0. The Hall–Kier alpha value is -1.85. The second-order valence-electron chi connectivity index (χ2n) is 4.60. The number of carbonyl (C=O) groups is 1. The largest absolute Gasteiger partial charge is 0.507 e. The van der Waals surface area contributed by atoms with Crippen molar-refractivity contribution in [2.75, 3.05) is 6.61 Å². The molecule has 0 unspecified atom stereocenters. The molecule has 0 aliphatic heterocycles. The SMILES string of the molecule is CCOC(=O)[C@@H](O)c1c(C)cc2cc(Cl)c(F)cc2c1O. The maximum absolute atomic E-state index is 13.5. The van der Waals surface area contributed by atoms with Crippen LogP contribution < -0.4 is 0 Å². The number of aryl methyl sites for hydroxylation is 1. The average Bonchev–Trinajstić information content (AvgIpc) is 2.41. The summed E-state index contributed by atoms with van der Waals surface area (Å²) >= 11 is 5.71. The van der Waals surface area contributed by atoms with Crippen molar-refractivity contribution in [1.29, 1.82) is 0 Å². The van der Waals surface area contributed by atoms with Crippen molar-refractivity contribution in [3.63, 3.8) is 0 Å². The molecule has 1 atom stereocenters. The lowest BCUT2D eigenvalue weighted by atomic mass is 9.96. The normalized spacial score (nSPS) is 12.4. The van der Waals surface area contributed by atoms with Crippen molar-refractivity contribution in [1.82, 2.24) is 0 Å². The fraction of sp³-hybridized carbons (Fsp3) is 0.267. The van der Waals surface area contributed by atoms with Gasteiger partial charge in [0.2, 0.25) is 0 Å². The number of hydrogen-bond acceptors (Lipinski definition) is 4. The van der Waals surface area contributed by atoms with Crippen LogP contribution in [-0.2, 0) is 9.53 Å². The predicted octanol–water partition coefficient (Wildman–Crippen LogP) is 3.24. The molecular formula is C15H14ClFO4. The number of aliphatic hydroxyl groups is 1. The fourth-order valence-electron chi connectivity index (χ4n) is 2.21. The van der Waals surface area contributed by atoms with Gasteiger partial charge in [0.25, 0.3) is 0 Å². The molecule has 0 radical (unpaired) electrons. The monoisotopic (exact) mass is 312 g/mol. The van der Waals surface area contributed by atoms with E-state index in [-0.39, 0.29) is 28.3 Å². The Kier molecular flexibility index (Phi) is 4.34. The van der Waals surface area contributed by atoms with Gasteiger partial charge in [-0.2, -0.15) is 0 Å². The van der Waals surface area contributed by atoms with Gasteiger partial charge in [0.05, 0.1) is 11.6 Å². The molecule has 0 bridgehead atoms. The Labute approximate surface area is 125 Å². The van der Waals surface area contributed by atoms with E-state index >= 15 is 0 Å². The Balaban J connectivity index is 2.65. The molecule has 2 rings (SSSR count). The molecule has 0 spiro atoms. The number of phenols is 1. The number of ether oxygens (including phenoxy) is 1. The molecule has 4 nitrogen and oxygen atoms in total. The smallest absolute Gasteiger partial charge is 0.339 e. The van der Waals surface area contributed by atoms with E-state index in [2.05, 4.69) is 0 Å². The molecule has 0 heterocycles. The van der Waals surface area contributed by atoms with Gasteiger partial charge in [0.1, 0.15) is 11.6 Å². The first-order chi connectivity index (χ1) is 9.86. The van der Waals surface area contributed by atoms with Crippen LogP contribution in [0.2, 0.25) is 5.02 Å². The molecule has 0 aromatic heterocycles. The molecule has 2 N–H and O–H groups in total. The van der Waals surface area contributed by atoms with E-state index in [9.17, 15) is 19.4 Å². The molecule has 2 aromatic rings. The van der Waals surface area contributed by atoms with Crippen LogP contribution >= 0.6 is 11.6 Å². The summed E-state index contributed by atoms with van der Waals surface area (Å²) in [4.78, 5) is 11.6. The predicted molar refractivity (Wildman–Crippen MR) is 76.9 cm³/mol. The van der Waals surface area contributed by atoms with Gasteiger partial charge in [-0.1, -0.05) is 17.7 Å². The van der Waals surface area contributed by atoms with Crippen molar-refractivity contribution < 1.29 is 24.1 Å². The highest BCUT2D eigenvalue weighted by atomic mass is 35.5. The van der Waals surface area contributed by atoms with Crippen LogP contribution in [0.15, 0.2) is 18.2 Å². The number of aliphatic hydroxyl groups excluding tert-OH is 1. The standard InChI is InChI=1S/C15H14ClFO4/c1-3-21-15(20)14(19)12-7(2)4-8-5-10(16)11(17)6-9(8)13(12)18/h4-6,14,18-19H,3H2,1-2H3/t14-/m0/s1. The molecule has 0 saturated carbocycles. The molecular weight excluding hydrogens is 299 g/mol. The van der Waals surface area contributed by atoms with Crippen molar-refractivity contribution in [3.05, 3.63) is 40.2 Å². The van der Waals surface area contributed by atoms with E-state index in [1.807, 2.05) is 0 Å². The van der Waals surface area contributed by atoms with Crippen LogP contribution in [0.3, 0.4) is 0 Å². The fourth-order valence-corrected chi connectivity index (χ4v) is 2.39. The van der Waals surface area contributed by atoms with Gasteiger partial charge in [-0.15, -0.1) is 0 Å². The number of hydrogen-bond donors (Lipinski definition) is 2. The quantitative estimate of drug-likeness (QED) is 0.854. The van der Waals surface area contributed by atoms with Gasteiger partial charge in [-0.25, -0.2) is 9.18 Å². The van der Waals surface area contributed by atoms with Gasteiger partial charge in [-0.3, -0.25) is 0 Å². The summed E-state index contributed by atoms with van der Waals surface area (Å²) in [6, 6.07) is 4.05. The van der Waals surface area contributed by atoms with Crippen LogP contribution in [0.5, 0.6) is 5.75 Å². The maximum Gasteiger partial charge on any atom is 0.339 e. The van der Waals surface area contributed by atoms with Crippen molar-refractivity contribution >= 4 is 28.3 Å². The molecule has 0 fully saturated rings. The molecule has 0 saturated heterocycles. The zero-order valence-corrected chi connectivity index (χ0v) is 12.2. The lowest BCUT2D eigenvalue weighted by Gasteiger charge is -2.16. The van der Waals surface area contributed by atoms with Crippen LogP contribution in [0.1, 0.15) is 24.2 Å². The van der Waals surface area contributed by atoms with Gasteiger partial charge in [0, 0.05) is 10.9 Å². The molecule has 0 aliphatic carbocycles. The minimum absolute atomic E-state index is 0.00247. The van der Waals surface area contributed by atoms with Crippen LogP contribution in [0, 0.1) is 12.7 Å². The zero-order valence-electron chi connectivity index (χ0n) is 11.5. The van der Waals surface area contributed by atoms with E-state index in [0.717, 1.165) is 6.07 Å². The summed E-state index contributed by atoms with van der Waals surface area (Å²) in [6.07, 6.45) is -1.63. The summed E-state index contributed by atoms with van der Waals surface area (Å²) in [5, 5.41) is 20.9. The highest BCUT2D eigenvalue weighted by Crippen LogP contribution is 2.37. The summed E-state index contributed by atoms with van der Waals surface area (Å²) in [6.45, 7) is 3.33. The van der Waals surface area contributed by atoms with Crippen LogP contribution in [-0.4, -0.2) is 22.8 Å². The van der Waals surface area contributed by atoms with E-state index in [1.54, 1.807) is 19.9 Å². The van der Waals surface area contributed by atoms with E-state index < -0.39 is 17.9 Å². The average molecular weight is 313 g/mol. The van der Waals surface area contributed by atoms with E-state index in [1.165, 1.54) is 6.07 Å². The first-order valence-corrected chi connectivity index (χ1v) is 6.70. The minimum Gasteiger partial charge on any atom is -0.507 e. The first-order valence-electron chi connectivity index (χ1n) is 6.32. The van der Waals surface area contributed by atoms with Gasteiger partial charge >= 0.3 is 5.97 Å². The van der Waals surface area contributed by atoms with Crippen LogP contribution in [0.25, 0.3) is 10.8 Å². The van der Waals surface area contributed by atoms with Crippen molar-refractivity contribution in [3.8, 4) is 5.75 Å². The van der Waals surface area contributed by atoms with E-state index in [4.69, 9.17) is 16.3 Å². The second-order valence-corrected chi connectivity index (χ2v) is 5.00. The van der Waals surface area contributed by atoms with Crippen molar-refractivity contribution in [2.45, 2.75) is 20.0 Å². The number of rotatable bonds is 3. The molecule has 2 aromatic carbocycles. The van der Waals surface area contributed by atoms with Gasteiger partial charge in [-0.05, 0) is 36.9 Å². The molecule has 0 aliphatic rings. The minimum atomic E-state index is -1.63. The second kappa shape index (κ2) is 5.87. The molecule has 0 amide bonds. The van der Waals surface area contributed by atoms with Gasteiger partial charge < -0.3 is 14.9 Å². The van der Waals surface area contributed by atoms with Crippen molar-refractivity contribution in [2.24, 2.45) is 0 Å². The highest BCUT2D eigenvalue weighted by Gasteiger charge is 2.25.